The Labute approximate surface area is 112 Å². The van der Waals surface area contributed by atoms with Gasteiger partial charge < -0.3 is 10.1 Å². The molecule has 0 aromatic carbocycles. The molecule has 1 N–H and O–H groups in total. The minimum atomic E-state index is 0.380. The summed E-state index contributed by atoms with van der Waals surface area (Å²) in [5.41, 5.74) is 0. The molecule has 2 heterocycles. The molecule has 1 aromatic heterocycles. The molecular formula is C13H20ClNOS. The second-order valence-electron chi connectivity index (χ2n) is 4.67. The van der Waals surface area contributed by atoms with Gasteiger partial charge >= 0.3 is 0 Å². The van der Waals surface area contributed by atoms with Crippen LogP contribution in [0.25, 0.3) is 0 Å². The average Bonchev–Trinajstić information content (AvgIpc) is 2.73. The number of nitrogens with one attached hydrogen (secondary N) is 1. The molecule has 2 rings (SSSR count). The molecule has 3 atom stereocenters. The van der Waals surface area contributed by atoms with Gasteiger partial charge in [-0.2, -0.15) is 0 Å². The van der Waals surface area contributed by atoms with Gasteiger partial charge in [0.2, 0.25) is 0 Å². The third-order valence-electron chi connectivity index (χ3n) is 3.27. The number of ether oxygens (including phenoxy) is 1. The molecule has 1 aliphatic rings. The predicted octanol–water partition coefficient (Wildman–Crippen LogP) is 4.01. The summed E-state index contributed by atoms with van der Waals surface area (Å²) in [6, 6.07) is 5.13. The molecule has 3 unspecified atom stereocenters. The summed E-state index contributed by atoms with van der Waals surface area (Å²) in [5, 5.41) is 3.74. The molecule has 0 radical (unpaired) electrons. The van der Waals surface area contributed by atoms with Crippen LogP contribution in [0.1, 0.15) is 44.0 Å². The van der Waals surface area contributed by atoms with Crippen molar-refractivity contribution in [2.24, 2.45) is 0 Å². The maximum absolute atomic E-state index is 6.00. The fourth-order valence-electron chi connectivity index (χ4n) is 2.35. The van der Waals surface area contributed by atoms with Crippen molar-refractivity contribution in [3.05, 3.63) is 21.3 Å². The molecule has 0 aliphatic carbocycles. The quantitative estimate of drug-likeness (QED) is 0.895. The number of hydrogen-bond donors (Lipinski definition) is 1. The summed E-state index contributed by atoms with van der Waals surface area (Å²) in [4.78, 5) is 1.34. The zero-order chi connectivity index (χ0) is 12.3. The van der Waals surface area contributed by atoms with Crippen molar-refractivity contribution in [1.29, 1.82) is 0 Å². The van der Waals surface area contributed by atoms with Crippen molar-refractivity contribution < 1.29 is 4.74 Å². The second-order valence-corrected chi connectivity index (χ2v) is 6.42. The topological polar surface area (TPSA) is 21.3 Å². The van der Waals surface area contributed by atoms with Crippen molar-refractivity contribution in [3.63, 3.8) is 0 Å². The maximum atomic E-state index is 6.00. The fourth-order valence-corrected chi connectivity index (χ4v) is 3.56. The van der Waals surface area contributed by atoms with Crippen molar-refractivity contribution >= 4 is 22.9 Å². The summed E-state index contributed by atoms with van der Waals surface area (Å²) in [6.45, 7) is 5.24. The molecule has 0 bridgehead atoms. The van der Waals surface area contributed by atoms with Crippen molar-refractivity contribution in [1.82, 2.24) is 5.32 Å². The molecule has 1 aliphatic heterocycles. The van der Waals surface area contributed by atoms with Gasteiger partial charge in [0.15, 0.2) is 0 Å². The zero-order valence-corrected chi connectivity index (χ0v) is 12.0. The third-order valence-corrected chi connectivity index (χ3v) is 4.61. The average molecular weight is 274 g/mol. The Bertz CT molecular complexity index is 355. The van der Waals surface area contributed by atoms with Crippen LogP contribution in [0.5, 0.6) is 0 Å². The first-order valence-corrected chi connectivity index (χ1v) is 7.51. The van der Waals surface area contributed by atoms with E-state index in [1.807, 2.05) is 6.07 Å². The lowest BCUT2D eigenvalue weighted by molar-refractivity contribution is 0.0112. The van der Waals surface area contributed by atoms with Crippen LogP contribution in [0.2, 0.25) is 4.34 Å². The van der Waals surface area contributed by atoms with E-state index < -0.39 is 0 Å². The van der Waals surface area contributed by atoms with E-state index in [2.05, 4.69) is 25.2 Å². The summed E-state index contributed by atoms with van der Waals surface area (Å²) < 4.78 is 6.45. The van der Waals surface area contributed by atoms with Gasteiger partial charge in [-0.05, 0) is 38.3 Å². The zero-order valence-electron chi connectivity index (χ0n) is 10.4. The van der Waals surface area contributed by atoms with E-state index in [9.17, 15) is 0 Å². The summed E-state index contributed by atoms with van der Waals surface area (Å²) in [7, 11) is 0. The van der Waals surface area contributed by atoms with Crippen LogP contribution in [0.4, 0.5) is 0 Å². The highest BCUT2D eigenvalue weighted by molar-refractivity contribution is 7.16. The lowest BCUT2D eigenvalue weighted by Crippen LogP contribution is -2.39. The van der Waals surface area contributed by atoms with Gasteiger partial charge in [-0.25, -0.2) is 0 Å². The number of rotatable bonds is 4. The molecule has 1 saturated heterocycles. The molecule has 0 amide bonds. The number of thiophene rings is 1. The standard InChI is InChI=1S/C13H20ClNOS/c1-3-11(12-4-5-13(14)17-12)15-10-6-7-16-9(2)8-10/h4-5,9-11,15H,3,6-8H2,1-2H3. The minimum absolute atomic E-state index is 0.380. The molecule has 1 aromatic rings. The maximum Gasteiger partial charge on any atom is 0.0931 e. The van der Waals surface area contributed by atoms with E-state index in [1.165, 1.54) is 4.88 Å². The van der Waals surface area contributed by atoms with Gasteiger partial charge in [0, 0.05) is 23.6 Å². The lowest BCUT2D eigenvalue weighted by Gasteiger charge is -2.31. The van der Waals surface area contributed by atoms with E-state index in [1.54, 1.807) is 11.3 Å². The first-order chi connectivity index (χ1) is 8.19. The van der Waals surface area contributed by atoms with Gasteiger partial charge in [-0.1, -0.05) is 18.5 Å². The Kier molecular flexibility index (Phi) is 4.86. The minimum Gasteiger partial charge on any atom is -0.378 e. The number of halogens is 1. The predicted molar refractivity (Wildman–Crippen MR) is 73.9 cm³/mol. The second kappa shape index (κ2) is 6.19. The third kappa shape index (κ3) is 3.68. The summed E-state index contributed by atoms with van der Waals surface area (Å²) in [5.74, 6) is 0. The Balaban J connectivity index is 1.95. The number of hydrogen-bond acceptors (Lipinski definition) is 3. The van der Waals surface area contributed by atoms with Gasteiger partial charge in [-0.3, -0.25) is 0 Å². The SMILES string of the molecule is CCC(NC1CCOC(C)C1)c1ccc(Cl)s1. The first kappa shape index (κ1) is 13.3. The monoisotopic (exact) mass is 273 g/mol. The van der Waals surface area contributed by atoms with E-state index in [4.69, 9.17) is 16.3 Å². The molecule has 0 spiro atoms. The molecular weight excluding hydrogens is 254 g/mol. The van der Waals surface area contributed by atoms with E-state index >= 15 is 0 Å². The molecule has 1 fully saturated rings. The van der Waals surface area contributed by atoms with Crippen LogP contribution in [0, 0.1) is 0 Å². The van der Waals surface area contributed by atoms with Crippen molar-refractivity contribution in [3.8, 4) is 0 Å². The Morgan fingerprint density at radius 3 is 3.00 bits per heavy atom. The first-order valence-electron chi connectivity index (χ1n) is 6.32. The molecule has 2 nitrogen and oxygen atoms in total. The highest BCUT2D eigenvalue weighted by Gasteiger charge is 2.22. The Hall–Kier alpha value is -0.0900. The summed E-state index contributed by atoms with van der Waals surface area (Å²) >= 11 is 7.68. The van der Waals surface area contributed by atoms with Crippen molar-refractivity contribution in [2.45, 2.75) is 51.3 Å². The highest BCUT2D eigenvalue weighted by Crippen LogP contribution is 2.29. The van der Waals surface area contributed by atoms with Crippen molar-refractivity contribution in [2.75, 3.05) is 6.61 Å². The van der Waals surface area contributed by atoms with Gasteiger partial charge in [-0.15, -0.1) is 11.3 Å². The molecule has 4 heteroatoms. The van der Waals surface area contributed by atoms with Gasteiger partial charge in [0.05, 0.1) is 10.4 Å². The van der Waals surface area contributed by atoms with Crippen LogP contribution in [-0.2, 0) is 4.74 Å². The van der Waals surface area contributed by atoms with Crippen LogP contribution in [-0.4, -0.2) is 18.8 Å². The fraction of sp³-hybridized carbons (Fsp3) is 0.692. The van der Waals surface area contributed by atoms with Gasteiger partial charge in [0.25, 0.3) is 0 Å². The largest absolute Gasteiger partial charge is 0.378 e. The van der Waals surface area contributed by atoms with E-state index in [0.717, 1.165) is 30.2 Å². The Morgan fingerprint density at radius 2 is 2.41 bits per heavy atom. The van der Waals surface area contributed by atoms with E-state index in [0.29, 0.717) is 18.2 Å². The highest BCUT2D eigenvalue weighted by atomic mass is 35.5. The van der Waals surface area contributed by atoms with Crippen LogP contribution in [0.15, 0.2) is 12.1 Å². The van der Waals surface area contributed by atoms with Gasteiger partial charge in [0.1, 0.15) is 0 Å². The van der Waals surface area contributed by atoms with Crippen LogP contribution in [0.3, 0.4) is 0 Å². The molecule has 17 heavy (non-hydrogen) atoms. The summed E-state index contributed by atoms with van der Waals surface area (Å²) in [6.07, 6.45) is 3.70. The molecule has 96 valence electrons. The van der Waals surface area contributed by atoms with Crippen LogP contribution >= 0.6 is 22.9 Å². The molecule has 0 saturated carbocycles. The van der Waals surface area contributed by atoms with E-state index in [-0.39, 0.29) is 0 Å². The van der Waals surface area contributed by atoms with Crippen LogP contribution < -0.4 is 5.32 Å². The normalized spacial score (nSPS) is 27.0. The lowest BCUT2D eigenvalue weighted by atomic mass is 10.0. The Morgan fingerprint density at radius 1 is 1.59 bits per heavy atom. The smallest absolute Gasteiger partial charge is 0.0931 e.